The molecule has 2 N–H and O–H groups in total. The van der Waals surface area contributed by atoms with Crippen LogP contribution in [0.25, 0.3) is 11.0 Å². The normalized spacial score (nSPS) is 21.5. The van der Waals surface area contributed by atoms with Gasteiger partial charge in [-0.25, -0.2) is 9.78 Å². The van der Waals surface area contributed by atoms with E-state index in [-0.39, 0.29) is 18.6 Å². The van der Waals surface area contributed by atoms with Gasteiger partial charge in [0.25, 0.3) is 0 Å². The van der Waals surface area contributed by atoms with Crippen LogP contribution >= 0.6 is 15.9 Å². The van der Waals surface area contributed by atoms with Crippen molar-refractivity contribution in [2.45, 2.75) is 38.0 Å². The Kier molecular flexibility index (Phi) is 5.47. The Hall–Kier alpha value is -2.62. The molecule has 9 nitrogen and oxygen atoms in total. The van der Waals surface area contributed by atoms with Crippen molar-refractivity contribution >= 4 is 43.6 Å². The van der Waals surface area contributed by atoms with Gasteiger partial charge in [0.1, 0.15) is 16.5 Å². The highest BCUT2D eigenvalue weighted by molar-refractivity contribution is 9.18. The number of halogens is 1. The number of oxime groups is 1. The number of H-pyrrole nitrogens is 1. The van der Waals surface area contributed by atoms with E-state index in [1.54, 1.807) is 0 Å². The van der Waals surface area contributed by atoms with Crippen LogP contribution in [0, 0.1) is 0 Å². The fourth-order valence-electron chi connectivity index (χ4n) is 3.38. The second kappa shape index (κ2) is 8.17. The van der Waals surface area contributed by atoms with Crippen molar-refractivity contribution in [2.75, 3.05) is 13.1 Å². The molecule has 10 heteroatoms. The zero-order chi connectivity index (χ0) is 19.5. The van der Waals surface area contributed by atoms with Gasteiger partial charge >= 0.3 is 6.09 Å². The number of carbonyl (C=O) groups is 2. The van der Waals surface area contributed by atoms with E-state index in [2.05, 4.69) is 36.4 Å². The minimum absolute atomic E-state index is 0.0274. The Labute approximate surface area is 169 Å². The maximum Gasteiger partial charge on any atom is 0.410 e. The summed E-state index contributed by atoms with van der Waals surface area (Å²) in [6.07, 6.45) is 1.28. The SMILES string of the molecule is O=C(NC[C@@H]1CC(Br)=NO1)[C@@H]1CCCN1C(=O)OCc1nc2ccccc2[nH]1. The highest BCUT2D eigenvalue weighted by Gasteiger charge is 2.35. The molecule has 1 saturated heterocycles. The third-order valence-electron chi connectivity index (χ3n) is 4.76. The Bertz CT molecular complexity index is 881. The number of carbonyl (C=O) groups excluding carboxylic acids is 2. The number of benzene rings is 1. The minimum Gasteiger partial charge on any atom is -0.441 e. The fourth-order valence-corrected chi connectivity index (χ4v) is 3.83. The first-order valence-electron chi connectivity index (χ1n) is 9.13. The monoisotopic (exact) mass is 449 g/mol. The Balaban J connectivity index is 1.29. The number of amides is 2. The van der Waals surface area contributed by atoms with Crippen molar-refractivity contribution in [3.05, 3.63) is 30.1 Å². The summed E-state index contributed by atoms with van der Waals surface area (Å²) in [5, 5.41) is 6.63. The largest absolute Gasteiger partial charge is 0.441 e. The minimum atomic E-state index is -0.533. The van der Waals surface area contributed by atoms with E-state index in [1.165, 1.54) is 4.90 Å². The number of aromatic nitrogens is 2. The Morgan fingerprint density at radius 2 is 2.25 bits per heavy atom. The van der Waals surface area contributed by atoms with E-state index in [4.69, 9.17) is 9.57 Å². The zero-order valence-electron chi connectivity index (χ0n) is 15.1. The van der Waals surface area contributed by atoms with E-state index in [1.807, 2.05) is 24.3 Å². The first-order chi connectivity index (χ1) is 13.6. The second-order valence-corrected chi connectivity index (χ2v) is 7.67. The number of nitrogens with one attached hydrogen (secondary N) is 2. The lowest BCUT2D eigenvalue weighted by atomic mass is 10.2. The lowest BCUT2D eigenvalue weighted by Gasteiger charge is -2.23. The van der Waals surface area contributed by atoms with Crippen molar-refractivity contribution < 1.29 is 19.2 Å². The summed E-state index contributed by atoms with van der Waals surface area (Å²) in [7, 11) is 0. The van der Waals surface area contributed by atoms with Crippen molar-refractivity contribution in [1.82, 2.24) is 20.2 Å². The van der Waals surface area contributed by atoms with E-state index in [0.717, 1.165) is 22.1 Å². The first kappa shape index (κ1) is 18.7. The van der Waals surface area contributed by atoms with E-state index in [9.17, 15) is 9.59 Å². The van der Waals surface area contributed by atoms with Gasteiger partial charge in [0, 0.05) is 13.0 Å². The first-order valence-corrected chi connectivity index (χ1v) is 9.92. The molecule has 28 heavy (non-hydrogen) atoms. The van der Waals surface area contributed by atoms with Gasteiger partial charge in [0.2, 0.25) is 5.91 Å². The van der Waals surface area contributed by atoms with Gasteiger partial charge in [-0.3, -0.25) is 9.69 Å². The lowest BCUT2D eigenvalue weighted by molar-refractivity contribution is -0.125. The molecule has 2 aliphatic heterocycles. The fraction of sp³-hybridized carbons (Fsp3) is 0.444. The molecule has 0 spiro atoms. The van der Waals surface area contributed by atoms with Crippen LogP contribution in [-0.4, -0.2) is 56.7 Å². The van der Waals surface area contributed by atoms with Crippen LogP contribution in [0.1, 0.15) is 25.1 Å². The van der Waals surface area contributed by atoms with Gasteiger partial charge in [0.05, 0.1) is 17.6 Å². The van der Waals surface area contributed by atoms with Crippen LogP contribution in [-0.2, 0) is 21.0 Å². The molecule has 0 bridgehead atoms. The molecule has 148 valence electrons. The Morgan fingerprint density at radius 1 is 1.39 bits per heavy atom. The zero-order valence-corrected chi connectivity index (χ0v) is 16.6. The standard InChI is InChI=1S/C18H20BrN5O4/c19-15-8-11(28-23-15)9-20-17(25)14-6-3-7-24(14)18(26)27-10-16-21-12-4-1-2-5-13(12)22-16/h1-2,4-5,11,14H,3,6-10H2,(H,20,25)(H,21,22)/t11-,14-/m0/s1. The molecule has 0 saturated carbocycles. The van der Waals surface area contributed by atoms with Gasteiger partial charge in [-0.15, -0.1) is 0 Å². The molecule has 1 aromatic carbocycles. The van der Waals surface area contributed by atoms with E-state index < -0.39 is 12.1 Å². The van der Waals surface area contributed by atoms with Gasteiger partial charge in [-0.05, 0) is 40.9 Å². The average Bonchev–Trinajstić information content (AvgIpc) is 3.42. The molecular weight excluding hydrogens is 430 g/mol. The van der Waals surface area contributed by atoms with Crippen LogP contribution in [0.5, 0.6) is 0 Å². The highest BCUT2D eigenvalue weighted by Crippen LogP contribution is 2.20. The predicted molar refractivity (Wildman–Crippen MR) is 105 cm³/mol. The summed E-state index contributed by atoms with van der Waals surface area (Å²) < 4.78 is 6.10. The molecule has 0 radical (unpaired) electrons. The summed E-state index contributed by atoms with van der Waals surface area (Å²) in [6.45, 7) is 0.862. The number of aromatic amines is 1. The molecule has 0 aliphatic carbocycles. The topological polar surface area (TPSA) is 109 Å². The molecule has 3 heterocycles. The number of rotatable bonds is 5. The van der Waals surface area contributed by atoms with Crippen LogP contribution in [0.3, 0.4) is 0 Å². The maximum atomic E-state index is 12.5. The number of nitrogens with zero attached hydrogens (tertiary/aromatic N) is 3. The van der Waals surface area contributed by atoms with Crippen molar-refractivity contribution in [3.8, 4) is 0 Å². The van der Waals surface area contributed by atoms with Crippen molar-refractivity contribution in [1.29, 1.82) is 0 Å². The van der Waals surface area contributed by atoms with Crippen LogP contribution in [0.4, 0.5) is 4.79 Å². The van der Waals surface area contributed by atoms with Gasteiger partial charge in [0.15, 0.2) is 12.7 Å². The molecule has 1 fully saturated rings. The number of likely N-dealkylation sites (tertiary alicyclic amines) is 1. The molecular formula is C18H20BrN5O4. The third-order valence-corrected chi connectivity index (χ3v) is 5.23. The summed E-state index contributed by atoms with van der Waals surface area (Å²) in [6, 6.07) is 7.06. The average molecular weight is 450 g/mol. The van der Waals surface area contributed by atoms with Crippen molar-refractivity contribution in [2.24, 2.45) is 5.16 Å². The maximum absolute atomic E-state index is 12.5. The summed E-state index contributed by atoms with van der Waals surface area (Å²) in [5.41, 5.74) is 1.70. The lowest BCUT2D eigenvalue weighted by Crippen LogP contribution is -2.47. The van der Waals surface area contributed by atoms with Gasteiger partial charge in [-0.1, -0.05) is 17.3 Å². The number of para-hydroxylation sites is 2. The quantitative estimate of drug-likeness (QED) is 0.727. The van der Waals surface area contributed by atoms with Crippen molar-refractivity contribution in [3.63, 3.8) is 0 Å². The molecule has 0 unspecified atom stereocenters. The van der Waals surface area contributed by atoms with Crippen LogP contribution < -0.4 is 5.32 Å². The smallest absolute Gasteiger partial charge is 0.410 e. The van der Waals surface area contributed by atoms with Gasteiger partial charge in [-0.2, -0.15) is 0 Å². The number of hydrogen-bond acceptors (Lipinski definition) is 6. The Morgan fingerprint density at radius 3 is 3.04 bits per heavy atom. The molecule has 2 amide bonds. The number of imidazole rings is 1. The van der Waals surface area contributed by atoms with Crippen LogP contribution in [0.2, 0.25) is 0 Å². The second-order valence-electron chi connectivity index (χ2n) is 6.75. The predicted octanol–water partition coefficient (Wildman–Crippen LogP) is 2.28. The molecule has 4 rings (SSSR count). The third kappa shape index (κ3) is 4.11. The molecule has 1 aromatic heterocycles. The molecule has 2 atom stereocenters. The van der Waals surface area contributed by atoms with Gasteiger partial charge < -0.3 is 19.9 Å². The highest BCUT2D eigenvalue weighted by atomic mass is 79.9. The van der Waals surface area contributed by atoms with E-state index >= 15 is 0 Å². The number of hydrogen-bond donors (Lipinski definition) is 2. The van der Waals surface area contributed by atoms with E-state index in [0.29, 0.717) is 31.8 Å². The number of fused-ring (bicyclic) bond motifs is 1. The molecule has 2 aliphatic rings. The molecule has 2 aromatic rings. The van der Waals surface area contributed by atoms with Crippen LogP contribution in [0.15, 0.2) is 29.4 Å². The number of ether oxygens (including phenoxy) is 1. The summed E-state index contributed by atoms with van der Waals surface area (Å²) in [5.74, 6) is 0.364. The summed E-state index contributed by atoms with van der Waals surface area (Å²) >= 11 is 3.26. The summed E-state index contributed by atoms with van der Waals surface area (Å²) in [4.78, 5) is 39.1.